The van der Waals surface area contributed by atoms with Crippen LogP contribution in [0.2, 0.25) is 0 Å². The fourth-order valence-electron chi connectivity index (χ4n) is 7.36. The molecular weight excluding hydrogens is 627 g/mol. The quantitative estimate of drug-likeness (QED) is 0.146. The first kappa shape index (κ1) is 28.9. The van der Waals surface area contributed by atoms with E-state index in [1.54, 1.807) is 0 Å². The van der Waals surface area contributed by atoms with Crippen molar-refractivity contribution in [2.75, 3.05) is 0 Å². The standard InChI is InChI=1S/C44H29N7/c45-43(49-44-42(28-11-2-1-3-12-28)47-36-17-6-7-18-37(36)48-44)29-13-10-14-31(25-29)51-39-20-9-5-16-33(39)35-26-40-34(27-41(35)51)32-15-4-8-19-38(32)50(40)30-21-23-46-24-22-30/h1-27H,(H2,45,48,49). The van der Waals surface area contributed by atoms with Crippen molar-refractivity contribution in [2.24, 2.45) is 4.99 Å². The van der Waals surface area contributed by atoms with Gasteiger partial charge in [-0.3, -0.25) is 10.4 Å². The molecule has 240 valence electrons. The van der Waals surface area contributed by atoms with Crippen molar-refractivity contribution in [3.05, 3.63) is 175 Å². The van der Waals surface area contributed by atoms with E-state index in [9.17, 15) is 5.41 Å². The van der Waals surface area contributed by atoms with Crippen molar-refractivity contribution < 1.29 is 0 Å². The summed E-state index contributed by atoms with van der Waals surface area (Å²) in [6, 6.07) is 51.8. The van der Waals surface area contributed by atoms with Crippen molar-refractivity contribution in [3.8, 4) is 22.6 Å². The molecule has 0 atom stereocenters. The highest BCUT2D eigenvalue weighted by molar-refractivity contribution is 6.19. The molecule has 0 bridgehead atoms. The molecule has 0 radical (unpaired) electrons. The van der Waals surface area contributed by atoms with Gasteiger partial charge in [-0.25, -0.2) is 9.98 Å². The van der Waals surface area contributed by atoms with Crippen molar-refractivity contribution in [3.63, 3.8) is 0 Å². The lowest BCUT2D eigenvalue weighted by atomic mass is 10.1. The Balaban J connectivity index is 1.17. The normalized spacial score (nSPS) is 12.1. The number of para-hydroxylation sites is 4. The summed E-state index contributed by atoms with van der Waals surface area (Å²) in [4.78, 5) is 17.5. The third-order valence-electron chi connectivity index (χ3n) is 9.65. The first-order chi connectivity index (χ1) is 25.2. The number of nitrogens with one attached hydrogen (secondary N) is 2. The largest absolute Gasteiger partial charge is 0.337 e. The van der Waals surface area contributed by atoms with Crippen molar-refractivity contribution in [2.45, 2.75) is 0 Å². The number of aromatic nitrogens is 5. The first-order valence-corrected chi connectivity index (χ1v) is 16.9. The predicted molar refractivity (Wildman–Crippen MR) is 207 cm³/mol. The van der Waals surface area contributed by atoms with Crippen LogP contribution in [0, 0.1) is 5.41 Å². The smallest absolute Gasteiger partial charge is 0.159 e. The Kier molecular flexibility index (Phi) is 6.50. The molecule has 0 aliphatic carbocycles. The van der Waals surface area contributed by atoms with Gasteiger partial charge in [-0.15, -0.1) is 0 Å². The minimum Gasteiger partial charge on any atom is -0.337 e. The molecule has 0 amide bonds. The van der Waals surface area contributed by atoms with Crippen LogP contribution in [0.5, 0.6) is 0 Å². The number of aromatic amines is 1. The molecule has 0 aliphatic heterocycles. The van der Waals surface area contributed by atoms with Gasteiger partial charge in [-0.1, -0.05) is 91.0 Å². The summed E-state index contributed by atoms with van der Waals surface area (Å²) in [5.41, 5.74) is 11.1. The molecule has 0 saturated carbocycles. The van der Waals surface area contributed by atoms with Crippen LogP contribution in [0.25, 0.3) is 77.3 Å². The van der Waals surface area contributed by atoms with Crippen LogP contribution < -0.4 is 5.49 Å². The second kappa shape index (κ2) is 11.5. The monoisotopic (exact) mass is 655 g/mol. The fourth-order valence-corrected chi connectivity index (χ4v) is 7.36. The number of benzene rings is 6. The molecule has 0 unspecified atom stereocenters. The summed E-state index contributed by atoms with van der Waals surface area (Å²) < 4.78 is 4.63. The van der Waals surface area contributed by atoms with E-state index in [1.807, 2.05) is 79.1 Å². The molecule has 4 aromatic heterocycles. The van der Waals surface area contributed by atoms with E-state index in [4.69, 9.17) is 9.98 Å². The zero-order valence-electron chi connectivity index (χ0n) is 27.3. The van der Waals surface area contributed by atoms with Gasteiger partial charge in [0.05, 0.1) is 33.1 Å². The predicted octanol–water partition coefficient (Wildman–Crippen LogP) is 9.75. The van der Waals surface area contributed by atoms with Crippen LogP contribution in [-0.4, -0.2) is 29.9 Å². The van der Waals surface area contributed by atoms with E-state index in [-0.39, 0.29) is 5.84 Å². The Labute approximate surface area is 292 Å². The summed E-state index contributed by atoms with van der Waals surface area (Å²) in [6.45, 7) is 0. The highest BCUT2D eigenvalue weighted by Gasteiger charge is 2.19. The van der Waals surface area contributed by atoms with Crippen LogP contribution in [-0.2, 0) is 0 Å². The lowest BCUT2D eigenvalue weighted by Crippen LogP contribution is -2.17. The number of pyridine rings is 1. The van der Waals surface area contributed by atoms with E-state index in [2.05, 4.69) is 104 Å². The van der Waals surface area contributed by atoms with Crippen molar-refractivity contribution >= 4 is 60.5 Å². The Morgan fingerprint density at radius 1 is 0.549 bits per heavy atom. The van der Waals surface area contributed by atoms with Gasteiger partial charge in [0.1, 0.15) is 5.69 Å². The topological polar surface area (TPSA) is 87.6 Å². The van der Waals surface area contributed by atoms with Crippen LogP contribution >= 0.6 is 0 Å². The summed E-state index contributed by atoms with van der Waals surface area (Å²) in [5, 5.41) is 13.9. The van der Waals surface area contributed by atoms with Crippen LogP contribution in [0.3, 0.4) is 0 Å². The Morgan fingerprint density at radius 3 is 1.90 bits per heavy atom. The lowest BCUT2D eigenvalue weighted by Gasteiger charge is -2.11. The highest BCUT2D eigenvalue weighted by Crippen LogP contribution is 2.39. The van der Waals surface area contributed by atoms with E-state index >= 15 is 0 Å². The van der Waals surface area contributed by atoms with Gasteiger partial charge in [0.25, 0.3) is 0 Å². The number of nitrogens with zero attached hydrogens (tertiary/aromatic N) is 5. The average molecular weight is 656 g/mol. The molecule has 6 aromatic carbocycles. The van der Waals surface area contributed by atoms with E-state index in [0.29, 0.717) is 16.7 Å². The first-order valence-electron chi connectivity index (χ1n) is 16.9. The second-order valence-corrected chi connectivity index (χ2v) is 12.6. The zero-order valence-corrected chi connectivity index (χ0v) is 27.3. The molecule has 0 spiro atoms. The fraction of sp³-hybridized carbons (Fsp3) is 0. The second-order valence-electron chi connectivity index (χ2n) is 12.6. The molecule has 0 aliphatic rings. The molecule has 4 heterocycles. The molecule has 10 rings (SSSR count). The van der Waals surface area contributed by atoms with E-state index in [1.165, 1.54) is 10.8 Å². The van der Waals surface area contributed by atoms with Gasteiger partial charge in [0.15, 0.2) is 11.3 Å². The third kappa shape index (κ3) is 4.67. The number of amidine groups is 1. The van der Waals surface area contributed by atoms with Gasteiger partial charge in [0.2, 0.25) is 0 Å². The molecule has 0 fully saturated rings. The highest BCUT2D eigenvalue weighted by atomic mass is 15.0. The molecule has 2 N–H and O–H groups in total. The summed E-state index contributed by atoms with van der Waals surface area (Å²) >= 11 is 0. The Morgan fingerprint density at radius 2 is 1.18 bits per heavy atom. The molecule has 0 saturated heterocycles. The maximum absolute atomic E-state index is 9.23. The molecule has 51 heavy (non-hydrogen) atoms. The SMILES string of the molecule is N=C(N=c1[nH]c2ccccc2nc1-c1ccccc1)c1cccc(-n2c3ccccc3c3cc4c(cc32)c2ccccc2n4-c2ccncc2)c1. The maximum atomic E-state index is 9.23. The number of rotatable bonds is 4. The molecule has 7 nitrogen and oxygen atoms in total. The minimum absolute atomic E-state index is 0.144. The number of fused-ring (bicyclic) bond motifs is 7. The van der Waals surface area contributed by atoms with Crippen molar-refractivity contribution in [1.29, 1.82) is 5.41 Å². The van der Waals surface area contributed by atoms with Crippen molar-refractivity contribution in [1.82, 2.24) is 24.1 Å². The molecule has 10 aromatic rings. The van der Waals surface area contributed by atoms with E-state index < -0.39 is 0 Å². The maximum Gasteiger partial charge on any atom is 0.159 e. The number of H-pyrrole nitrogens is 1. The summed E-state index contributed by atoms with van der Waals surface area (Å²) in [7, 11) is 0. The van der Waals surface area contributed by atoms with Gasteiger partial charge in [-0.05, 0) is 60.7 Å². The Hall–Kier alpha value is -7.12. The zero-order chi connectivity index (χ0) is 33.9. The number of hydrogen-bond acceptors (Lipinski definition) is 3. The molecule has 7 heteroatoms. The minimum atomic E-state index is 0.144. The number of hydrogen-bond donors (Lipinski definition) is 2. The average Bonchev–Trinajstić information content (AvgIpc) is 3.69. The van der Waals surface area contributed by atoms with Gasteiger partial charge in [-0.2, -0.15) is 0 Å². The third-order valence-corrected chi connectivity index (χ3v) is 9.65. The summed E-state index contributed by atoms with van der Waals surface area (Å²) in [5.74, 6) is 0.144. The summed E-state index contributed by atoms with van der Waals surface area (Å²) in [6.07, 6.45) is 3.68. The van der Waals surface area contributed by atoms with Gasteiger partial charge >= 0.3 is 0 Å². The lowest BCUT2D eigenvalue weighted by molar-refractivity contribution is 1.14. The molecular formula is C44H29N7. The van der Waals surface area contributed by atoms with Gasteiger partial charge < -0.3 is 14.1 Å². The Bertz CT molecular complexity index is 3040. The van der Waals surface area contributed by atoms with E-state index in [0.717, 1.165) is 60.8 Å². The van der Waals surface area contributed by atoms with Crippen LogP contribution in [0.4, 0.5) is 0 Å². The van der Waals surface area contributed by atoms with Crippen LogP contribution in [0.15, 0.2) is 169 Å². The van der Waals surface area contributed by atoms with Crippen LogP contribution in [0.1, 0.15) is 5.56 Å². The van der Waals surface area contributed by atoms with Gasteiger partial charge in [0, 0.05) is 56.4 Å².